The first-order chi connectivity index (χ1) is 15.4. The number of pyridine rings is 2. The van der Waals surface area contributed by atoms with Crippen LogP contribution in [-0.4, -0.2) is 22.3 Å². The van der Waals surface area contributed by atoms with Gasteiger partial charge in [0.1, 0.15) is 6.61 Å². The topological polar surface area (TPSA) is 129 Å². The van der Waals surface area contributed by atoms with Crippen LogP contribution in [0.25, 0.3) is 22.3 Å². The molecule has 0 spiro atoms. The summed E-state index contributed by atoms with van der Waals surface area (Å²) in [6.07, 6.45) is -0.0213. The Labute approximate surface area is 209 Å². The molecule has 0 radical (unpaired) electrons. The Morgan fingerprint density at radius 1 is 1.18 bits per heavy atom. The number of cyclic esters (lactones) is 1. The van der Waals surface area contributed by atoms with Crippen LogP contribution in [0.5, 0.6) is 11.5 Å². The van der Waals surface area contributed by atoms with Crippen molar-refractivity contribution in [2.75, 3.05) is 6.79 Å². The van der Waals surface area contributed by atoms with Gasteiger partial charge in [0.25, 0.3) is 5.56 Å². The van der Waals surface area contributed by atoms with E-state index < -0.39 is 19.8 Å². The first kappa shape index (κ1) is 22.5. The Hall–Kier alpha value is -2.33. The molecule has 10 nitrogen and oxygen atoms in total. The molecule has 0 fully saturated rings. The predicted octanol–water partition coefficient (Wildman–Crippen LogP) is -1.15. The minimum absolute atomic E-state index is 0. The van der Waals surface area contributed by atoms with Gasteiger partial charge in [-0.1, -0.05) is 6.92 Å². The maximum atomic E-state index is 13.3. The second-order valence-corrected chi connectivity index (χ2v) is 8.41. The second-order valence-electron chi connectivity index (χ2n) is 7.78. The molecular weight excluding hydrogens is 462 g/mol. The van der Waals surface area contributed by atoms with Crippen LogP contribution in [0.4, 0.5) is 0 Å². The normalized spacial score (nSPS) is 19.9. The van der Waals surface area contributed by atoms with Crippen molar-refractivity contribution >= 4 is 25.1 Å². The molecule has 0 bridgehead atoms. The van der Waals surface area contributed by atoms with Gasteiger partial charge in [-0.25, -0.2) is 9.78 Å². The van der Waals surface area contributed by atoms with E-state index in [9.17, 15) is 19.0 Å². The number of rotatable bonds is 3. The molecule has 0 aliphatic carbocycles. The first-order valence-electron chi connectivity index (χ1n) is 9.93. The van der Waals surface area contributed by atoms with Crippen LogP contribution in [-0.2, 0) is 37.4 Å². The van der Waals surface area contributed by atoms with Crippen molar-refractivity contribution in [2.45, 2.75) is 32.1 Å². The van der Waals surface area contributed by atoms with Gasteiger partial charge in [0.2, 0.25) is 12.4 Å². The Kier molecular flexibility index (Phi) is 5.36. The number of hydrogen-bond donors (Lipinski definition) is 0. The van der Waals surface area contributed by atoms with Crippen LogP contribution in [0.3, 0.4) is 0 Å². The van der Waals surface area contributed by atoms with E-state index >= 15 is 0 Å². The van der Waals surface area contributed by atoms with Gasteiger partial charge in [-0.2, -0.15) is 0 Å². The van der Waals surface area contributed by atoms with Gasteiger partial charge >= 0.3 is 43.8 Å². The summed E-state index contributed by atoms with van der Waals surface area (Å²) in [4.78, 5) is 42.1. The van der Waals surface area contributed by atoms with Crippen molar-refractivity contribution < 1.29 is 62.5 Å². The van der Waals surface area contributed by atoms with Gasteiger partial charge < -0.3 is 23.7 Å². The molecule has 12 heteroatoms. The van der Waals surface area contributed by atoms with E-state index in [1.54, 1.807) is 23.6 Å². The smallest absolute Gasteiger partial charge is 0.566 e. The average Bonchev–Trinajstić information content (AvgIpc) is 3.36. The van der Waals surface area contributed by atoms with Gasteiger partial charge in [0.05, 0.1) is 29.0 Å². The van der Waals surface area contributed by atoms with E-state index in [1.165, 1.54) is 0 Å². The fourth-order valence-electron chi connectivity index (χ4n) is 4.64. The van der Waals surface area contributed by atoms with Gasteiger partial charge in [-0.05, 0) is 29.2 Å². The quantitative estimate of drug-likeness (QED) is 0.204. The summed E-state index contributed by atoms with van der Waals surface area (Å²) < 4.78 is 34.1. The van der Waals surface area contributed by atoms with Crippen molar-refractivity contribution in [1.82, 2.24) is 9.55 Å². The number of carbonyl (C=O) groups is 1. The third-order valence-electron chi connectivity index (χ3n) is 6.20. The molecule has 0 saturated heterocycles. The molecule has 0 N–H and O–H groups in total. The molecular formula is C21H15N2NaO8P+. The van der Waals surface area contributed by atoms with Crippen molar-refractivity contribution in [3.05, 3.63) is 51.3 Å². The molecule has 2 aromatic heterocycles. The second kappa shape index (κ2) is 7.87. The molecule has 3 aliphatic heterocycles. The van der Waals surface area contributed by atoms with Crippen LogP contribution in [0.2, 0.25) is 0 Å². The fraction of sp³-hybridized carbons (Fsp3) is 0.286. The zero-order valence-corrected chi connectivity index (χ0v) is 20.6. The van der Waals surface area contributed by atoms with E-state index in [-0.39, 0.29) is 72.6 Å². The van der Waals surface area contributed by atoms with E-state index in [2.05, 4.69) is 0 Å². The molecule has 3 aromatic rings. The molecule has 0 saturated carbocycles. The van der Waals surface area contributed by atoms with Crippen LogP contribution in [0.1, 0.15) is 30.0 Å². The van der Waals surface area contributed by atoms with E-state index in [4.69, 9.17) is 23.7 Å². The maximum absolute atomic E-state index is 13.3. The van der Waals surface area contributed by atoms with Crippen LogP contribution in [0, 0.1) is 0 Å². The van der Waals surface area contributed by atoms with E-state index in [0.29, 0.717) is 28.4 Å². The van der Waals surface area contributed by atoms with Crippen molar-refractivity contribution in [3.8, 4) is 22.9 Å². The Morgan fingerprint density at radius 3 is 2.67 bits per heavy atom. The monoisotopic (exact) mass is 477 g/mol. The van der Waals surface area contributed by atoms with Crippen molar-refractivity contribution in [2.24, 2.45) is 0 Å². The zero-order chi connectivity index (χ0) is 22.2. The van der Waals surface area contributed by atoms with Crippen LogP contribution >= 0.6 is 8.25 Å². The van der Waals surface area contributed by atoms with Gasteiger partial charge in [0.15, 0.2) is 11.5 Å². The maximum Gasteiger partial charge on any atom is 1.00 e. The number of hydrogen-bond acceptors (Lipinski definition) is 9. The fourth-order valence-corrected chi connectivity index (χ4v) is 5.20. The Balaban J connectivity index is 0.00000228. The first-order valence-corrected chi connectivity index (χ1v) is 11.0. The van der Waals surface area contributed by atoms with Crippen LogP contribution < -0.4 is 49.5 Å². The average molecular weight is 477 g/mol. The molecule has 5 heterocycles. The zero-order valence-electron chi connectivity index (χ0n) is 17.7. The summed E-state index contributed by atoms with van der Waals surface area (Å²) in [7, 11) is -3.37. The third kappa shape index (κ3) is 3.17. The summed E-state index contributed by atoms with van der Waals surface area (Å²) in [5.74, 6) is 0.384. The van der Waals surface area contributed by atoms with Gasteiger partial charge in [-0.15, -0.1) is 4.52 Å². The van der Waals surface area contributed by atoms with Crippen molar-refractivity contribution in [3.63, 3.8) is 0 Å². The summed E-state index contributed by atoms with van der Waals surface area (Å²) in [6, 6.07) is 7.17. The third-order valence-corrected chi connectivity index (χ3v) is 6.66. The number of ether oxygens (including phenoxy) is 3. The Bertz CT molecular complexity index is 1440. The number of carbonyl (C=O) groups excluding carboxylic acids is 1. The number of aromatic nitrogens is 2. The SMILES string of the molecule is CC[C@@]1(O[P+](=O)[O-])C(=O)OCc2c1cc1n(c2=O)Cc2cc3cc4c(cc3nc2-1)OCO4.[Na+]. The van der Waals surface area contributed by atoms with Crippen molar-refractivity contribution in [1.29, 1.82) is 0 Å². The largest absolute Gasteiger partial charge is 1.00 e. The summed E-state index contributed by atoms with van der Waals surface area (Å²) >= 11 is 0. The van der Waals surface area contributed by atoms with Gasteiger partial charge in [-0.3, -0.25) is 4.79 Å². The van der Waals surface area contributed by atoms with Crippen LogP contribution in [0.15, 0.2) is 29.1 Å². The summed E-state index contributed by atoms with van der Waals surface area (Å²) in [5, 5.41) is 0.840. The predicted molar refractivity (Wildman–Crippen MR) is 107 cm³/mol. The van der Waals surface area contributed by atoms with Gasteiger partial charge in [0, 0.05) is 22.6 Å². The number of esters is 1. The number of nitrogens with zero attached hydrogens (tertiary/aromatic N) is 2. The molecule has 1 unspecified atom stereocenters. The molecule has 3 aliphatic rings. The minimum Gasteiger partial charge on any atom is -0.566 e. The summed E-state index contributed by atoms with van der Waals surface area (Å²) in [6.45, 7) is 1.79. The summed E-state index contributed by atoms with van der Waals surface area (Å²) in [5.41, 5.74) is 0.671. The van der Waals surface area contributed by atoms with E-state index in [0.717, 1.165) is 10.9 Å². The molecule has 0 amide bonds. The molecule has 33 heavy (non-hydrogen) atoms. The van der Waals surface area contributed by atoms with E-state index in [1.807, 2.05) is 12.1 Å². The number of fused-ring (bicyclic) bond motifs is 6. The molecule has 6 rings (SSSR count). The number of benzene rings is 1. The molecule has 2 atom stereocenters. The standard InChI is InChI=1S/C21H15N2O8P.Na/c1-2-21(31-32(26)27)13-5-15-18-11(7-23(15)19(24)12(13)8-28-20(21)25)3-10-4-16-17(30-9-29-16)6-14(10)22-18;/h3-6H,2,7-9H2,1H3;/q;+1/t21-;/m0./s1. The molecule has 162 valence electrons. The molecule has 1 aromatic carbocycles. The Morgan fingerprint density at radius 2 is 1.94 bits per heavy atom. The minimum atomic E-state index is -3.37.